The van der Waals surface area contributed by atoms with Crippen LogP contribution in [0.25, 0.3) is 0 Å². The minimum absolute atomic E-state index is 0.0420. The van der Waals surface area contributed by atoms with E-state index in [1.807, 2.05) is 0 Å². The maximum Gasteiger partial charge on any atom is 0.0543 e. The molecule has 1 saturated carbocycles. The Morgan fingerprint density at radius 3 is 1.94 bits per heavy atom. The number of unbranched alkanes of at least 4 members (excludes halogenated alkanes) is 10. The monoisotopic (exact) mass is 478 g/mol. The molecule has 0 radical (unpaired) electrons. The summed E-state index contributed by atoms with van der Waals surface area (Å²) >= 11 is 0. The highest BCUT2D eigenvalue weighted by molar-refractivity contribution is 4.93. The lowest BCUT2D eigenvalue weighted by atomic mass is 9.87. The lowest BCUT2D eigenvalue weighted by molar-refractivity contribution is 0.0828. The van der Waals surface area contributed by atoms with E-state index in [2.05, 4.69) is 37.1 Å². The first-order valence-corrected chi connectivity index (χ1v) is 15.4. The molecule has 3 nitrogen and oxygen atoms in total. The van der Waals surface area contributed by atoms with Gasteiger partial charge in [0.05, 0.1) is 6.10 Å². The number of nitrogens with zero attached hydrogens (tertiary/aromatic N) is 2. The molecule has 0 bridgehead atoms. The maximum absolute atomic E-state index is 10.1. The molecule has 0 spiro atoms. The fourth-order valence-electron chi connectivity index (χ4n) is 5.60. The maximum atomic E-state index is 10.1. The molecule has 0 heterocycles. The van der Waals surface area contributed by atoms with E-state index < -0.39 is 0 Å². The van der Waals surface area contributed by atoms with E-state index in [9.17, 15) is 5.11 Å². The molecule has 1 N–H and O–H groups in total. The molecule has 1 rings (SSSR count). The SMILES string of the molecule is C=C(CCCCCCCN(CCCCCCCC)CC1CCCC(O)C1)N(CCC)CCCC. The molecule has 1 fully saturated rings. The summed E-state index contributed by atoms with van der Waals surface area (Å²) in [7, 11) is 0. The average molecular weight is 479 g/mol. The smallest absolute Gasteiger partial charge is 0.0543 e. The minimum atomic E-state index is -0.0420. The number of rotatable bonds is 23. The van der Waals surface area contributed by atoms with Gasteiger partial charge in [-0.05, 0) is 76.8 Å². The summed E-state index contributed by atoms with van der Waals surface area (Å²) in [6.07, 6.45) is 24.5. The summed E-state index contributed by atoms with van der Waals surface area (Å²) < 4.78 is 0. The normalized spacial score (nSPS) is 18.5. The topological polar surface area (TPSA) is 26.7 Å². The van der Waals surface area contributed by atoms with Gasteiger partial charge in [0.15, 0.2) is 0 Å². The fourth-order valence-corrected chi connectivity index (χ4v) is 5.60. The average Bonchev–Trinajstić information content (AvgIpc) is 2.82. The van der Waals surface area contributed by atoms with Gasteiger partial charge in [0.1, 0.15) is 0 Å². The third-order valence-electron chi connectivity index (χ3n) is 7.76. The Bertz CT molecular complexity index is 466. The van der Waals surface area contributed by atoms with Crippen LogP contribution in [0.3, 0.4) is 0 Å². The van der Waals surface area contributed by atoms with Crippen LogP contribution in [0, 0.1) is 5.92 Å². The lowest BCUT2D eigenvalue weighted by Crippen LogP contribution is -2.34. The van der Waals surface area contributed by atoms with Crippen LogP contribution < -0.4 is 0 Å². The summed E-state index contributed by atoms with van der Waals surface area (Å²) in [5.74, 6) is 0.716. The van der Waals surface area contributed by atoms with Crippen LogP contribution in [-0.2, 0) is 0 Å². The molecule has 0 aromatic rings. The van der Waals surface area contributed by atoms with Gasteiger partial charge in [0.2, 0.25) is 0 Å². The molecule has 1 aliphatic carbocycles. The number of hydrogen-bond acceptors (Lipinski definition) is 3. The van der Waals surface area contributed by atoms with Gasteiger partial charge in [-0.3, -0.25) is 0 Å². The second kappa shape index (κ2) is 21.7. The van der Waals surface area contributed by atoms with Crippen LogP contribution >= 0.6 is 0 Å². The number of allylic oxidation sites excluding steroid dienone is 1. The van der Waals surface area contributed by atoms with E-state index in [1.54, 1.807) is 0 Å². The Kier molecular flexibility index (Phi) is 20.1. The van der Waals surface area contributed by atoms with E-state index >= 15 is 0 Å². The van der Waals surface area contributed by atoms with Crippen molar-refractivity contribution in [2.45, 2.75) is 149 Å². The lowest BCUT2D eigenvalue weighted by Gasteiger charge is -2.31. The fraction of sp³-hybridized carbons (Fsp3) is 0.935. The second-order valence-electron chi connectivity index (χ2n) is 11.2. The third kappa shape index (κ3) is 16.2. The molecule has 0 aromatic heterocycles. The molecular weight excluding hydrogens is 416 g/mol. The highest BCUT2D eigenvalue weighted by atomic mass is 16.3. The van der Waals surface area contributed by atoms with Crippen LogP contribution in [0.4, 0.5) is 0 Å². The molecule has 1 aliphatic rings. The molecular formula is C31H62N2O. The van der Waals surface area contributed by atoms with Crippen LogP contribution in [0.5, 0.6) is 0 Å². The number of hydrogen-bond donors (Lipinski definition) is 1. The molecule has 2 atom stereocenters. The molecule has 2 unspecified atom stereocenters. The standard InChI is InChI=1S/C31H62N2O/c1-5-8-10-11-14-17-24-32(28-30-21-19-22-31(34)27-30)25-18-15-12-13-16-20-29(4)33(23-7-3)26-9-6-2/h30-31,34H,4-28H2,1-3H3. The highest BCUT2D eigenvalue weighted by Crippen LogP contribution is 2.25. The van der Waals surface area contributed by atoms with Crippen molar-refractivity contribution < 1.29 is 5.11 Å². The van der Waals surface area contributed by atoms with Gasteiger partial charge in [-0.15, -0.1) is 0 Å². The molecule has 3 heteroatoms. The van der Waals surface area contributed by atoms with E-state index in [0.717, 1.165) is 12.8 Å². The van der Waals surface area contributed by atoms with Gasteiger partial charge >= 0.3 is 0 Å². The quantitative estimate of drug-likeness (QED) is 0.149. The van der Waals surface area contributed by atoms with Crippen molar-refractivity contribution in [3.63, 3.8) is 0 Å². The van der Waals surface area contributed by atoms with Gasteiger partial charge < -0.3 is 14.9 Å². The summed E-state index contributed by atoms with van der Waals surface area (Å²) in [6.45, 7) is 17.4. The predicted molar refractivity (Wildman–Crippen MR) is 151 cm³/mol. The van der Waals surface area contributed by atoms with Crippen LogP contribution in [0.2, 0.25) is 0 Å². The Balaban J connectivity index is 2.24. The van der Waals surface area contributed by atoms with Gasteiger partial charge in [-0.25, -0.2) is 0 Å². The zero-order valence-electron chi connectivity index (χ0n) is 23.7. The van der Waals surface area contributed by atoms with Crippen LogP contribution in [-0.4, -0.2) is 53.7 Å². The van der Waals surface area contributed by atoms with Crippen molar-refractivity contribution in [3.05, 3.63) is 12.3 Å². The van der Waals surface area contributed by atoms with E-state index in [-0.39, 0.29) is 6.10 Å². The Morgan fingerprint density at radius 2 is 1.32 bits per heavy atom. The van der Waals surface area contributed by atoms with Crippen LogP contribution in [0.15, 0.2) is 12.3 Å². The summed E-state index contributed by atoms with van der Waals surface area (Å²) in [5, 5.41) is 10.1. The number of aliphatic hydroxyl groups is 1. The van der Waals surface area contributed by atoms with Crippen molar-refractivity contribution in [1.29, 1.82) is 0 Å². The Morgan fingerprint density at radius 1 is 0.706 bits per heavy atom. The first-order chi connectivity index (χ1) is 16.6. The Hall–Kier alpha value is -0.540. The van der Waals surface area contributed by atoms with Gasteiger partial charge in [-0.1, -0.05) is 91.6 Å². The predicted octanol–water partition coefficient (Wildman–Crippen LogP) is 8.57. The van der Waals surface area contributed by atoms with Gasteiger partial charge in [0, 0.05) is 25.3 Å². The first-order valence-electron chi connectivity index (χ1n) is 15.4. The van der Waals surface area contributed by atoms with Gasteiger partial charge in [-0.2, -0.15) is 0 Å². The molecule has 202 valence electrons. The zero-order chi connectivity index (χ0) is 24.9. The summed E-state index contributed by atoms with van der Waals surface area (Å²) in [6, 6.07) is 0. The molecule has 0 amide bonds. The molecule has 0 saturated heterocycles. The van der Waals surface area contributed by atoms with E-state index in [0.29, 0.717) is 5.92 Å². The van der Waals surface area contributed by atoms with Crippen molar-refractivity contribution in [2.24, 2.45) is 5.92 Å². The number of aliphatic hydroxyl groups excluding tert-OH is 1. The minimum Gasteiger partial charge on any atom is -0.393 e. The first kappa shape index (κ1) is 31.5. The van der Waals surface area contributed by atoms with Gasteiger partial charge in [0.25, 0.3) is 0 Å². The summed E-state index contributed by atoms with van der Waals surface area (Å²) in [4.78, 5) is 5.28. The molecule has 34 heavy (non-hydrogen) atoms. The second-order valence-corrected chi connectivity index (χ2v) is 11.2. The van der Waals surface area contributed by atoms with Crippen molar-refractivity contribution in [1.82, 2.24) is 9.80 Å². The molecule has 0 aliphatic heterocycles. The van der Waals surface area contributed by atoms with Crippen molar-refractivity contribution >= 4 is 0 Å². The van der Waals surface area contributed by atoms with E-state index in [4.69, 9.17) is 0 Å². The third-order valence-corrected chi connectivity index (χ3v) is 7.76. The van der Waals surface area contributed by atoms with Crippen molar-refractivity contribution in [2.75, 3.05) is 32.7 Å². The summed E-state index contributed by atoms with van der Waals surface area (Å²) in [5.41, 5.74) is 1.37. The molecule has 0 aromatic carbocycles. The largest absolute Gasteiger partial charge is 0.393 e. The Labute approximate surface area is 214 Å². The van der Waals surface area contributed by atoms with E-state index in [1.165, 1.54) is 148 Å². The zero-order valence-corrected chi connectivity index (χ0v) is 23.7. The highest BCUT2D eigenvalue weighted by Gasteiger charge is 2.22. The van der Waals surface area contributed by atoms with Crippen LogP contribution in [0.1, 0.15) is 143 Å². The van der Waals surface area contributed by atoms with Crippen molar-refractivity contribution in [3.8, 4) is 0 Å².